The molecule has 0 spiro atoms. The molecule has 0 aliphatic carbocycles. The molecule has 0 radical (unpaired) electrons. The summed E-state index contributed by atoms with van der Waals surface area (Å²) in [5, 5.41) is 8.81. The van der Waals surface area contributed by atoms with E-state index in [9.17, 15) is 9.59 Å². The number of thiazole rings is 1. The highest BCUT2D eigenvalue weighted by atomic mass is 32.1. The zero-order valence-electron chi connectivity index (χ0n) is 15.7. The molecule has 1 fully saturated rings. The lowest BCUT2D eigenvalue weighted by atomic mass is 10.2. The van der Waals surface area contributed by atoms with Gasteiger partial charge in [-0.3, -0.25) is 4.79 Å². The Morgan fingerprint density at radius 1 is 1.07 bits per heavy atom. The van der Waals surface area contributed by atoms with Crippen LogP contribution in [0, 0.1) is 6.92 Å². The molecule has 2 N–H and O–H groups in total. The Hall–Kier alpha value is -2.61. The number of nitrogens with one attached hydrogen (secondary N) is 2. The summed E-state index contributed by atoms with van der Waals surface area (Å²) < 4.78 is 0. The molecule has 3 amide bonds. The van der Waals surface area contributed by atoms with Crippen molar-refractivity contribution >= 4 is 39.8 Å². The first-order valence-corrected chi connectivity index (χ1v) is 10.1. The van der Waals surface area contributed by atoms with Crippen molar-refractivity contribution in [2.24, 2.45) is 0 Å². The summed E-state index contributed by atoms with van der Waals surface area (Å²) in [7, 11) is 0. The van der Waals surface area contributed by atoms with Crippen LogP contribution in [0.5, 0.6) is 0 Å². The van der Waals surface area contributed by atoms with Gasteiger partial charge in [0.1, 0.15) is 0 Å². The van der Waals surface area contributed by atoms with Crippen LogP contribution in [0.25, 0.3) is 0 Å². The first-order valence-electron chi connectivity index (χ1n) is 9.18. The van der Waals surface area contributed by atoms with Crippen molar-refractivity contribution < 1.29 is 9.59 Å². The number of amides is 3. The van der Waals surface area contributed by atoms with E-state index >= 15 is 0 Å². The van der Waals surface area contributed by atoms with Crippen molar-refractivity contribution in [3.8, 4) is 0 Å². The second-order valence-corrected chi connectivity index (χ2v) is 7.34. The van der Waals surface area contributed by atoms with E-state index < -0.39 is 0 Å². The average Bonchev–Trinajstić information content (AvgIpc) is 2.95. The van der Waals surface area contributed by atoms with Gasteiger partial charge >= 0.3 is 6.03 Å². The summed E-state index contributed by atoms with van der Waals surface area (Å²) in [4.78, 5) is 32.6. The molecule has 0 atom stereocenters. The van der Waals surface area contributed by atoms with Crippen molar-refractivity contribution in [3.63, 3.8) is 0 Å². The molecule has 0 saturated carbocycles. The predicted molar refractivity (Wildman–Crippen MR) is 110 cm³/mol. The fourth-order valence-electron chi connectivity index (χ4n) is 2.89. The second kappa shape index (κ2) is 8.85. The Labute approximate surface area is 163 Å². The number of rotatable bonds is 4. The maximum absolute atomic E-state index is 12.6. The van der Waals surface area contributed by atoms with Gasteiger partial charge in [-0.1, -0.05) is 6.92 Å². The molecule has 1 aliphatic rings. The number of hydrogen-bond donors (Lipinski definition) is 2. The lowest BCUT2D eigenvalue weighted by molar-refractivity contribution is -0.115. The van der Waals surface area contributed by atoms with Gasteiger partial charge in [0, 0.05) is 49.4 Å². The molecule has 7 nitrogen and oxygen atoms in total. The number of benzene rings is 1. The Balaban J connectivity index is 1.54. The topological polar surface area (TPSA) is 77.6 Å². The van der Waals surface area contributed by atoms with E-state index in [1.165, 1.54) is 0 Å². The van der Waals surface area contributed by atoms with Crippen molar-refractivity contribution in [1.82, 2.24) is 9.88 Å². The molecular formula is C19H25N5O2S. The van der Waals surface area contributed by atoms with Gasteiger partial charge in [0.25, 0.3) is 0 Å². The summed E-state index contributed by atoms with van der Waals surface area (Å²) in [6, 6.07) is 7.07. The van der Waals surface area contributed by atoms with E-state index in [0.717, 1.165) is 42.6 Å². The molecule has 1 aromatic heterocycles. The SMILES string of the molecule is CCC(=O)Nc1ccc(NC(=O)N2CCCN(c3nc(C)cs3)CC2)cc1. The number of aromatic nitrogens is 1. The van der Waals surface area contributed by atoms with Gasteiger partial charge in [0.05, 0.1) is 5.69 Å². The minimum absolute atomic E-state index is 0.0312. The summed E-state index contributed by atoms with van der Waals surface area (Å²) in [6.07, 6.45) is 1.35. The first-order chi connectivity index (χ1) is 13.0. The lowest BCUT2D eigenvalue weighted by Crippen LogP contribution is -2.38. The van der Waals surface area contributed by atoms with Crippen LogP contribution in [0.15, 0.2) is 29.6 Å². The molecule has 0 bridgehead atoms. The molecule has 2 heterocycles. The second-order valence-electron chi connectivity index (χ2n) is 6.51. The standard InChI is InChI=1S/C19H25N5O2S/c1-3-17(25)21-15-5-7-16(8-6-15)22-18(26)23-9-4-10-24(12-11-23)19-20-14(2)13-27-19/h5-8,13H,3-4,9-12H2,1-2H3,(H,21,25)(H,22,26). The number of aryl methyl sites for hydroxylation is 1. The van der Waals surface area contributed by atoms with E-state index in [1.807, 2.05) is 18.7 Å². The highest BCUT2D eigenvalue weighted by molar-refractivity contribution is 7.13. The smallest absolute Gasteiger partial charge is 0.321 e. The molecule has 144 valence electrons. The van der Waals surface area contributed by atoms with Crippen LogP contribution in [-0.4, -0.2) is 48.0 Å². The fourth-order valence-corrected chi connectivity index (χ4v) is 3.74. The molecular weight excluding hydrogens is 362 g/mol. The van der Waals surface area contributed by atoms with Crippen molar-refractivity contribution in [1.29, 1.82) is 0 Å². The summed E-state index contributed by atoms with van der Waals surface area (Å²) in [5.74, 6) is -0.0312. The number of nitrogens with zero attached hydrogens (tertiary/aromatic N) is 3. The molecule has 1 aromatic carbocycles. The van der Waals surface area contributed by atoms with Crippen LogP contribution < -0.4 is 15.5 Å². The monoisotopic (exact) mass is 387 g/mol. The highest BCUT2D eigenvalue weighted by Gasteiger charge is 2.20. The van der Waals surface area contributed by atoms with Crippen LogP contribution in [0.4, 0.5) is 21.3 Å². The van der Waals surface area contributed by atoms with E-state index in [-0.39, 0.29) is 11.9 Å². The van der Waals surface area contributed by atoms with Crippen LogP contribution in [0.3, 0.4) is 0 Å². The minimum atomic E-state index is -0.0995. The van der Waals surface area contributed by atoms with Gasteiger partial charge in [-0.2, -0.15) is 0 Å². The number of carbonyl (C=O) groups excluding carboxylic acids is 2. The fraction of sp³-hybridized carbons (Fsp3) is 0.421. The average molecular weight is 388 g/mol. The first kappa shape index (κ1) is 19.2. The van der Waals surface area contributed by atoms with Crippen LogP contribution in [0.1, 0.15) is 25.5 Å². The number of anilines is 3. The highest BCUT2D eigenvalue weighted by Crippen LogP contribution is 2.22. The molecule has 1 saturated heterocycles. The van der Waals surface area contributed by atoms with Gasteiger partial charge in [0.15, 0.2) is 5.13 Å². The van der Waals surface area contributed by atoms with Gasteiger partial charge < -0.3 is 20.4 Å². The molecule has 2 aromatic rings. The van der Waals surface area contributed by atoms with E-state index in [1.54, 1.807) is 35.6 Å². The zero-order valence-corrected chi connectivity index (χ0v) is 16.5. The van der Waals surface area contributed by atoms with E-state index in [0.29, 0.717) is 18.7 Å². The third kappa shape index (κ3) is 5.19. The largest absolute Gasteiger partial charge is 0.346 e. The summed E-state index contributed by atoms with van der Waals surface area (Å²) in [6.45, 7) is 6.87. The van der Waals surface area contributed by atoms with Gasteiger partial charge in [0.2, 0.25) is 5.91 Å². The van der Waals surface area contributed by atoms with Gasteiger partial charge in [-0.15, -0.1) is 11.3 Å². The number of carbonyl (C=O) groups is 2. The maximum atomic E-state index is 12.6. The van der Waals surface area contributed by atoms with E-state index in [4.69, 9.17) is 0 Å². The quantitative estimate of drug-likeness (QED) is 0.841. The number of hydrogen-bond acceptors (Lipinski definition) is 5. The molecule has 0 unspecified atom stereocenters. The van der Waals surface area contributed by atoms with Crippen LogP contribution in [0.2, 0.25) is 0 Å². The molecule has 1 aliphatic heterocycles. The number of urea groups is 1. The molecule has 27 heavy (non-hydrogen) atoms. The normalized spacial score (nSPS) is 14.6. The molecule has 3 rings (SSSR count). The zero-order chi connectivity index (χ0) is 19.2. The predicted octanol–water partition coefficient (Wildman–Crippen LogP) is 3.54. The Morgan fingerprint density at radius 2 is 1.78 bits per heavy atom. The Bertz CT molecular complexity index is 790. The van der Waals surface area contributed by atoms with Crippen molar-refractivity contribution in [2.75, 3.05) is 41.7 Å². The van der Waals surface area contributed by atoms with Crippen LogP contribution >= 0.6 is 11.3 Å². The molecule has 8 heteroatoms. The summed E-state index contributed by atoms with van der Waals surface area (Å²) in [5.41, 5.74) is 2.47. The van der Waals surface area contributed by atoms with E-state index in [2.05, 4.69) is 25.9 Å². The lowest BCUT2D eigenvalue weighted by Gasteiger charge is -2.22. The van der Waals surface area contributed by atoms with Gasteiger partial charge in [-0.05, 0) is 37.6 Å². The Morgan fingerprint density at radius 3 is 2.41 bits per heavy atom. The minimum Gasteiger partial charge on any atom is -0.346 e. The third-order valence-electron chi connectivity index (χ3n) is 4.40. The maximum Gasteiger partial charge on any atom is 0.321 e. The van der Waals surface area contributed by atoms with Crippen molar-refractivity contribution in [2.45, 2.75) is 26.7 Å². The Kier molecular flexibility index (Phi) is 6.28. The van der Waals surface area contributed by atoms with Crippen LogP contribution in [-0.2, 0) is 4.79 Å². The van der Waals surface area contributed by atoms with Gasteiger partial charge in [-0.25, -0.2) is 9.78 Å². The third-order valence-corrected chi connectivity index (χ3v) is 5.42. The van der Waals surface area contributed by atoms with Crippen molar-refractivity contribution in [3.05, 3.63) is 35.3 Å². The summed E-state index contributed by atoms with van der Waals surface area (Å²) >= 11 is 1.65.